The Morgan fingerprint density at radius 2 is 2.13 bits per heavy atom. The molecule has 1 aromatic carbocycles. The van der Waals surface area contributed by atoms with Crippen LogP contribution < -0.4 is 15.5 Å². The number of carbonyl (C=O) groups excluding carboxylic acids is 1. The van der Waals surface area contributed by atoms with Crippen LogP contribution in [0, 0.1) is 12.7 Å². The lowest BCUT2D eigenvalue weighted by Gasteiger charge is -2.36. The number of aliphatic hydroxyl groups excluding tert-OH is 1. The van der Waals surface area contributed by atoms with Crippen LogP contribution in [0.1, 0.15) is 23.7 Å². The molecule has 2 aromatic heterocycles. The molecular formula is C21H24FN7O2. The van der Waals surface area contributed by atoms with E-state index in [9.17, 15) is 14.3 Å². The highest BCUT2D eigenvalue weighted by Gasteiger charge is 2.36. The molecule has 162 valence electrons. The summed E-state index contributed by atoms with van der Waals surface area (Å²) in [5.74, 6) is 0.386. The van der Waals surface area contributed by atoms with Crippen molar-refractivity contribution in [2.24, 2.45) is 0 Å². The summed E-state index contributed by atoms with van der Waals surface area (Å²) in [6.45, 7) is 4.27. The van der Waals surface area contributed by atoms with Crippen molar-refractivity contribution in [1.82, 2.24) is 19.7 Å². The number of aliphatic hydroxyl groups is 1. The third-order valence-electron chi connectivity index (χ3n) is 5.17. The van der Waals surface area contributed by atoms with Crippen molar-refractivity contribution in [3.63, 3.8) is 0 Å². The Hall–Kier alpha value is -3.53. The third kappa shape index (κ3) is 4.33. The molecular weight excluding hydrogens is 401 g/mol. The van der Waals surface area contributed by atoms with Gasteiger partial charge in [-0.25, -0.2) is 9.37 Å². The van der Waals surface area contributed by atoms with Gasteiger partial charge in [-0.15, -0.1) is 0 Å². The molecule has 4 rings (SSSR count). The number of nitrogens with zero attached hydrogens (tertiary/aromatic N) is 5. The van der Waals surface area contributed by atoms with Crippen LogP contribution in [0.4, 0.5) is 21.8 Å². The van der Waals surface area contributed by atoms with Crippen LogP contribution in [-0.4, -0.2) is 50.0 Å². The average Bonchev–Trinajstić information content (AvgIpc) is 3.14. The Kier molecular flexibility index (Phi) is 5.55. The lowest BCUT2D eigenvalue weighted by atomic mass is 10.1. The Balaban J connectivity index is 1.47. The van der Waals surface area contributed by atoms with Gasteiger partial charge in [0.2, 0.25) is 11.9 Å². The predicted octanol–water partition coefficient (Wildman–Crippen LogP) is 1.92. The number of hydrogen-bond donors (Lipinski definition) is 3. The lowest BCUT2D eigenvalue weighted by molar-refractivity contribution is -0.119. The van der Waals surface area contributed by atoms with Crippen LogP contribution in [0.3, 0.4) is 0 Å². The molecule has 31 heavy (non-hydrogen) atoms. The summed E-state index contributed by atoms with van der Waals surface area (Å²) < 4.78 is 15.1. The van der Waals surface area contributed by atoms with E-state index in [4.69, 9.17) is 0 Å². The van der Waals surface area contributed by atoms with E-state index in [2.05, 4.69) is 25.7 Å². The van der Waals surface area contributed by atoms with Crippen molar-refractivity contribution in [2.75, 3.05) is 22.6 Å². The second kappa shape index (κ2) is 8.31. The van der Waals surface area contributed by atoms with Crippen LogP contribution in [-0.2, 0) is 17.9 Å². The number of fused-ring (bicyclic) bond motifs is 1. The maximum Gasteiger partial charge on any atom is 0.249 e. The monoisotopic (exact) mass is 425 g/mol. The first-order chi connectivity index (χ1) is 14.8. The Labute approximate surface area is 178 Å². The minimum atomic E-state index is -0.853. The number of benzene rings is 1. The van der Waals surface area contributed by atoms with Crippen molar-refractivity contribution in [3.8, 4) is 0 Å². The smallest absolute Gasteiger partial charge is 0.249 e. The molecule has 2 unspecified atom stereocenters. The molecule has 3 N–H and O–H groups in total. The Morgan fingerprint density at radius 3 is 2.87 bits per heavy atom. The van der Waals surface area contributed by atoms with Gasteiger partial charge in [0.25, 0.3) is 0 Å². The summed E-state index contributed by atoms with van der Waals surface area (Å²) in [6.07, 6.45) is 2.75. The molecule has 0 saturated carbocycles. The summed E-state index contributed by atoms with van der Waals surface area (Å²) >= 11 is 0. The van der Waals surface area contributed by atoms with E-state index < -0.39 is 12.1 Å². The summed E-state index contributed by atoms with van der Waals surface area (Å²) in [5.41, 5.74) is 2.91. The number of carbonyl (C=O) groups is 1. The fourth-order valence-electron chi connectivity index (χ4n) is 3.67. The maximum atomic E-state index is 13.4. The second-order valence-corrected chi connectivity index (χ2v) is 7.65. The third-order valence-corrected chi connectivity index (χ3v) is 5.17. The van der Waals surface area contributed by atoms with Gasteiger partial charge >= 0.3 is 0 Å². The van der Waals surface area contributed by atoms with Crippen molar-refractivity contribution in [1.29, 1.82) is 0 Å². The molecule has 1 aliphatic heterocycles. The predicted molar refractivity (Wildman–Crippen MR) is 114 cm³/mol. The topological polar surface area (TPSA) is 108 Å². The number of halogens is 1. The fourth-order valence-corrected chi connectivity index (χ4v) is 3.67. The molecule has 1 aliphatic rings. The van der Waals surface area contributed by atoms with E-state index in [-0.39, 0.29) is 11.7 Å². The molecule has 1 amide bonds. The van der Waals surface area contributed by atoms with Gasteiger partial charge < -0.3 is 20.6 Å². The van der Waals surface area contributed by atoms with Crippen molar-refractivity contribution in [2.45, 2.75) is 39.1 Å². The first-order valence-electron chi connectivity index (χ1n) is 9.92. The van der Waals surface area contributed by atoms with Crippen molar-refractivity contribution < 1.29 is 14.3 Å². The van der Waals surface area contributed by atoms with Crippen LogP contribution in [0.5, 0.6) is 0 Å². The lowest BCUT2D eigenvalue weighted by Crippen LogP contribution is -2.52. The molecule has 0 spiro atoms. The van der Waals surface area contributed by atoms with Crippen molar-refractivity contribution in [3.05, 3.63) is 59.3 Å². The number of anilines is 3. The van der Waals surface area contributed by atoms with E-state index in [0.29, 0.717) is 36.2 Å². The average molecular weight is 425 g/mol. The Morgan fingerprint density at radius 1 is 1.32 bits per heavy atom. The number of aromatic nitrogens is 4. The van der Waals surface area contributed by atoms with E-state index in [0.717, 1.165) is 11.1 Å². The molecule has 0 fully saturated rings. The first-order valence-corrected chi connectivity index (χ1v) is 9.92. The minimum Gasteiger partial charge on any atom is -0.391 e. The van der Waals surface area contributed by atoms with Gasteiger partial charge in [0, 0.05) is 25.4 Å². The zero-order chi connectivity index (χ0) is 22.1. The van der Waals surface area contributed by atoms with Gasteiger partial charge in [0.15, 0.2) is 5.82 Å². The summed E-state index contributed by atoms with van der Waals surface area (Å²) in [7, 11) is 1.72. The number of likely N-dealkylation sites (N-methyl/N-ethyl adjacent to an activating group) is 1. The first kappa shape index (κ1) is 20.7. The molecule has 0 bridgehead atoms. The van der Waals surface area contributed by atoms with Gasteiger partial charge in [-0.2, -0.15) is 10.1 Å². The molecule has 9 nitrogen and oxygen atoms in total. The molecule has 3 heterocycles. The molecule has 0 radical (unpaired) electrons. The van der Waals surface area contributed by atoms with Crippen LogP contribution >= 0.6 is 0 Å². The zero-order valence-corrected chi connectivity index (χ0v) is 17.5. The Bertz CT molecular complexity index is 1110. The van der Waals surface area contributed by atoms with Gasteiger partial charge in [-0.05, 0) is 31.5 Å². The van der Waals surface area contributed by atoms with E-state index in [1.807, 2.05) is 12.3 Å². The minimum absolute atomic E-state index is 0.273. The summed E-state index contributed by atoms with van der Waals surface area (Å²) in [5, 5.41) is 20.3. The molecule has 10 heteroatoms. The fraction of sp³-hybridized carbons (Fsp3) is 0.333. The SMILES string of the molecule is Cc1nc(NCc2cnn(Cc3cccc(F)c3)c2)nc2c1NC(=O)C(C(C)O)N2C. The van der Waals surface area contributed by atoms with Gasteiger partial charge in [0.05, 0.1) is 24.5 Å². The highest BCUT2D eigenvalue weighted by atomic mass is 19.1. The summed E-state index contributed by atoms with van der Waals surface area (Å²) in [6, 6.07) is 5.69. The quantitative estimate of drug-likeness (QED) is 0.554. The van der Waals surface area contributed by atoms with E-state index in [1.54, 1.807) is 42.7 Å². The number of amides is 1. The van der Waals surface area contributed by atoms with Gasteiger partial charge in [-0.3, -0.25) is 9.48 Å². The number of rotatable bonds is 6. The van der Waals surface area contributed by atoms with Crippen molar-refractivity contribution >= 4 is 23.4 Å². The standard InChI is InChI=1S/C21H24FN7O2/c1-12-17-19(28(3)18(13(2)30)20(31)26-17)27-21(25-12)23-8-15-9-24-29(11-15)10-14-5-4-6-16(22)7-14/h4-7,9,11,13,18,30H,8,10H2,1-3H3,(H,26,31)(H,23,25,27). The number of nitrogens with one attached hydrogen (secondary N) is 2. The zero-order valence-electron chi connectivity index (χ0n) is 17.5. The van der Waals surface area contributed by atoms with E-state index in [1.165, 1.54) is 12.1 Å². The van der Waals surface area contributed by atoms with Crippen LogP contribution in [0.25, 0.3) is 0 Å². The molecule has 3 aromatic rings. The molecule has 0 aliphatic carbocycles. The highest BCUT2D eigenvalue weighted by molar-refractivity contribution is 6.03. The maximum absolute atomic E-state index is 13.4. The van der Waals surface area contributed by atoms with Gasteiger partial charge in [0.1, 0.15) is 17.5 Å². The molecule has 2 atom stereocenters. The van der Waals surface area contributed by atoms with Crippen LogP contribution in [0.15, 0.2) is 36.7 Å². The van der Waals surface area contributed by atoms with Crippen LogP contribution in [0.2, 0.25) is 0 Å². The summed E-state index contributed by atoms with van der Waals surface area (Å²) in [4.78, 5) is 22.9. The van der Waals surface area contributed by atoms with Gasteiger partial charge in [-0.1, -0.05) is 12.1 Å². The number of aryl methyl sites for hydroxylation is 1. The second-order valence-electron chi connectivity index (χ2n) is 7.65. The highest BCUT2D eigenvalue weighted by Crippen LogP contribution is 2.33. The molecule has 0 saturated heterocycles. The number of hydrogen-bond acceptors (Lipinski definition) is 7. The normalized spacial score (nSPS) is 16.6. The van der Waals surface area contributed by atoms with E-state index >= 15 is 0 Å². The largest absolute Gasteiger partial charge is 0.391 e.